The van der Waals surface area contributed by atoms with Crippen molar-refractivity contribution in [3.63, 3.8) is 0 Å². The van der Waals surface area contributed by atoms with E-state index < -0.39 is 6.04 Å². The van der Waals surface area contributed by atoms with E-state index in [1.54, 1.807) is 17.0 Å². The second-order valence-corrected chi connectivity index (χ2v) is 9.18. The lowest BCUT2D eigenvalue weighted by Gasteiger charge is -2.34. The second-order valence-electron chi connectivity index (χ2n) is 8.75. The number of amides is 1. The SMILES string of the molecule is O=C1c2cc(-c3c[nH]c4ncc(-c5ccccc5)cc34)cn2CCN1C(CO)c1cccc(Cl)c1. The molecule has 0 saturated heterocycles. The Bertz CT molecular complexity index is 1540. The Kier molecular flexibility index (Phi) is 5.40. The Hall–Kier alpha value is -3.87. The number of halogens is 1. The summed E-state index contributed by atoms with van der Waals surface area (Å²) < 4.78 is 1.99. The lowest BCUT2D eigenvalue weighted by atomic mass is 10.0. The summed E-state index contributed by atoms with van der Waals surface area (Å²) in [6, 6.07) is 21.1. The molecule has 4 heterocycles. The van der Waals surface area contributed by atoms with E-state index in [9.17, 15) is 9.90 Å². The van der Waals surface area contributed by atoms with Crippen LogP contribution in [0, 0.1) is 0 Å². The number of carbonyl (C=O) groups excluding carboxylic acids is 1. The van der Waals surface area contributed by atoms with Crippen molar-refractivity contribution < 1.29 is 9.90 Å². The number of H-pyrrole nitrogens is 1. The van der Waals surface area contributed by atoms with Crippen LogP contribution in [0.2, 0.25) is 5.02 Å². The fraction of sp³-hybridized carbons (Fsp3) is 0.143. The maximum absolute atomic E-state index is 13.5. The second kappa shape index (κ2) is 8.73. The molecule has 35 heavy (non-hydrogen) atoms. The van der Waals surface area contributed by atoms with Gasteiger partial charge < -0.3 is 19.6 Å². The Morgan fingerprint density at radius 3 is 2.66 bits per heavy atom. The molecule has 2 N–H and O–H groups in total. The molecule has 5 aromatic rings. The van der Waals surface area contributed by atoms with Crippen LogP contribution >= 0.6 is 11.6 Å². The summed E-state index contributed by atoms with van der Waals surface area (Å²) in [5, 5.41) is 11.7. The van der Waals surface area contributed by atoms with Gasteiger partial charge in [0.1, 0.15) is 11.3 Å². The van der Waals surface area contributed by atoms with Crippen LogP contribution in [0.1, 0.15) is 22.1 Å². The smallest absolute Gasteiger partial charge is 0.271 e. The number of nitrogens with one attached hydrogen (secondary N) is 1. The number of pyridine rings is 1. The van der Waals surface area contributed by atoms with Crippen molar-refractivity contribution in [1.82, 2.24) is 19.4 Å². The zero-order valence-electron chi connectivity index (χ0n) is 18.9. The van der Waals surface area contributed by atoms with E-state index in [-0.39, 0.29) is 12.5 Å². The van der Waals surface area contributed by atoms with Crippen LogP contribution in [-0.4, -0.2) is 43.6 Å². The summed E-state index contributed by atoms with van der Waals surface area (Å²) in [4.78, 5) is 23.1. The molecule has 3 aromatic heterocycles. The van der Waals surface area contributed by atoms with Crippen molar-refractivity contribution in [3.05, 3.63) is 102 Å². The number of aliphatic hydroxyl groups is 1. The first-order valence-electron chi connectivity index (χ1n) is 11.5. The average Bonchev–Trinajstić information content (AvgIpc) is 3.50. The topological polar surface area (TPSA) is 74.2 Å². The number of rotatable bonds is 5. The Morgan fingerprint density at radius 1 is 1.00 bits per heavy atom. The molecule has 1 unspecified atom stereocenters. The molecule has 0 aliphatic carbocycles. The third kappa shape index (κ3) is 3.81. The minimum Gasteiger partial charge on any atom is -0.394 e. The molecule has 174 valence electrons. The monoisotopic (exact) mass is 482 g/mol. The standard InChI is InChI=1S/C28H23ClN4O2/c29-22-8-4-7-19(11-22)26(17-34)33-10-9-32-16-21(13-25(32)28(33)35)24-15-31-27-23(24)12-20(14-30-27)18-5-2-1-3-6-18/h1-8,11-16,26,34H,9-10,17H2,(H,30,31). The summed E-state index contributed by atoms with van der Waals surface area (Å²) in [6.45, 7) is 0.981. The van der Waals surface area contributed by atoms with E-state index in [1.807, 2.05) is 59.6 Å². The molecule has 0 spiro atoms. The Morgan fingerprint density at radius 2 is 1.86 bits per heavy atom. The molecule has 1 amide bonds. The highest BCUT2D eigenvalue weighted by molar-refractivity contribution is 6.30. The van der Waals surface area contributed by atoms with Crippen LogP contribution in [0.5, 0.6) is 0 Å². The Labute approximate surface area is 207 Å². The number of fused-ring (bicyclic) bond motifs is 2. The number of hydrogen-bond acceptors (Lipinski definition) is 3. The maximum atomic E-state index is 13.5. The van der Waals surface area contributed by atoms with Crippen molar-refractivity contribution in [2.24, 2.45) is 0 Å². The third-order valence-electron chi connectivity index (χ3n) is 6.69. The van der Waals surface area contributed by atoms with E-state index in [1.165, 1.54) is 0 Å². The lowest BCUT2D eigenvalue weighted by Crippen LogP contribution is -2.43. The van der Waals surface area contributed by atoms with E-state index in [0.29, 0.717) is 23.8 Å². The number of benzene rings is 2. The zero-order chi connectivity index (χ0) is 23.9. The van der Waals surface area contributed by atoms with Crippen molar-refractivity contribution >= 4 is 28.5 Å². The maximum Gasteiger partial charge on any atom is 0.271 e. The predicted octanol–water partition coefficient (Wildman–Crippen LogP) is 5.54. The summed E-state index contributed by atoms with van der Waals surface area (Å²) in [7, 11) is 0. The number of nitrogens with zero attached hydrogens (tertiary/aromatic N) is 3. The van der Waals surface area contributed by atoms with Gasteiger partial charge in [0.2, 0.25) is 0 Å². The van der Waals surface area contributed by atoms with Crippen LogP contribution < -0.4 is 0 Å². The first kappa shape index (κ1) is 21.6. The molecule has 0 saturated carbocycles. The zero-order valence-corrected chi connectivity index (χ0v) is 19.6. The van der Waals surface area contributed by atoms with E-state index >= 15 is 0 Å². The van der Waals surface area contributed by atoms with Crippen LogP contribution in [0.15, 0.2) is 85.3 Å². The van der Waals surface area contributed by atoms with Gasteiger partial charge in [0, 0.05) is 58.8 Å². The highest BCUT2D eigenvalue weighted by atomic mass is 35.5. The van der Waals surface area contributed by atoms with Gasteiger partial charge in [0.25, 0.3) is 5.91 Å². The number of aliphatic hydroxyl groups excluding tert-OH is 1. The van der Waals surface area contributed by atoms with Crippen LogP contribution in [0.4, 0.5) is 0 Å². The molecular formula is C28H23ClN4O2. The number of carbonyl (C=O) groups is 1. The normalized spacial score (nSPS) is 14.3. The Balaban J connectivity index is 1.36. The molecule has 1 atom stereocenters. The van der Waals surface area contributed by atoms with Crippen LogP contribution in [-0.2, 0) is 6.54 Å². The summed E-state index contributed by atoms with van der Waals surface area (Å²) in [5.41, 5.74) is 6.33. The summed E-state index contributed by atoms with van der Waals surface area (Å²) in [6.07, 6.45) is 5.84. The van der Waals surface area contributed by atoms with Gasteiger partial charge in [-0.05, 0) is 35.4 Å². The van der Waals surface area contributed by atoms with Crippen LogP contribution in [0.25, 0.3) is 33.3 Å². The fourth-order valence-electron chi connectivity index (χ4n) is 4.91. The van der Waals surface area contributed by atoms with E-state index in [0.717, 1.165) is 38.9 Å². The molecular weight excluding hydrogens is 460 g/mol. The summed E-state index contributed by atoms with van der Waals surface area (Å²) in [5.74, 6) is -0.107. The summed E-state index contributed by atoms with van der Waals surface area (Å²) >= 11 is 6.16. The molecule has 1 aliphatic rings. The molecule has 6 rings (SSSR count). The highest BCUT2D eigenvalue weighted by Gasteiger charge is 2.31. The van der Waals surface area contributed by atoms with Gasteiger partial charge in [-0.1, -0.05) is 54.1 Å². The van der Waals surface area contributed by atoms with Crippen LogP contribution in [0.3, 0.4) is 0 Å². The largest absolute Gasteiger partial charge is 0.394 e. The first-order valence-corrected chi connectivity index (χ1v) is 11.9. The number of aromatic nitrogens is 3. The molecule has 2 aromatic carbocycles. The molecule has 0 radical (unpaired) electrons. The van der Waals surface area contributed by atoms with E-state index in [2.05, 4.69) is 28.2 Å². The lowest BCUT2D eigenvalue weighted by molar-refractivity contribution is 0.0526. The number of hydrogen-bond donors (Lipinski definition) is 2. The van der Waals surface area contributed by atoms with Gasteiger partial charge in [-0.25, -0.2) is 4.98 Å². The fourth-order valence-corrected chi connectivity index (χ4v) is 5.11. The highest BCUT2D eigenvalue weighted by Crippen LogP contribution is 2.34. The molecule has 7 heteroatoms. The van der Waals surface area contributed by atoms with Crippen molar-refractivity contribution in [2.75, 3.05) is 13.2 Å². The van der Waals surface area contributed by atoms with E-state index in [4.69, 9.17) is 11.6 Å². The molecule has 0 fully saturated rings. The van der Waals surface area contributed by atoms with Gasteiger partial charge in [-0.3, -0.25) is 4.79 Å². The van der Waals surface area contributed by atoms with Gasteiger partial charge in [0.05, 0.1) is 12.6 Å². The molecule has 1 aliphatic heterocycles. The van der Waals surface area contributed by atoms with Gasteiger partial charge in [0.15, 0.2) is 0 Å². The third-order valence-corrected chi connectivity index (χ3v) is 6.93. The van der Waals surface area contributed by atoms with Crippen molar-refractivity contribution in [1.29, 1.82) is 0 Å². The predicted molar refractivity (Wildman–Crippen MR) is 137 cm³/mol. The van der Waals surface area contributed by atoms with Gasteiger partial charge in [-0.15, -0.1) is 0 Å². The number of aromatic amines is 1. The molecule has 0 bridgehead atoms. The van der Waals surface area contributed by atoms with Crippen molar-refractivity contribution in [2.45, 2.75) is 12.6 Å². The average molecular weight is 483 g/mol. The van der Waals surface area contributed by atoms with Crippen molar-refractivity contribution in [3.8, 4) is 22.3 Å². The minimum absolute atomic E-state index is 0.107. The first-order chi connectivity index (χ1) is 17.1. The van der Waals surface area contributed by atoms with Gasteiger partial charge in [-0.2, -0.15) is 0 Å². The van der Waals surface area contributed by atoms with Gasteiger partial charge >= 0.3 is 0 Å². The quantitative estimate of drug-likeness (QED) is 0.345. The molecule has 6 nitrogen and oxygen atoms in total. The minimum atomic E-state index is -0.445.